The predicted octanol–water partition coefficient (Wildman–Crippen LogP) is 1.60. The summed E-state index contributed by atoms with van der Waals surface area (Å²) in [5.41, 5.74) is 5.73. The number of anilines is 1. The van der Waals surface area contributed by atoms with E-state index in [0.717, 1.165) is 5.76 Å². The molecule has 0 bridgehead atoms. The molecule has 0 aromatic carbocycles. The number of furan rings is 1. The smallest absolute Gasteiger partial charge is 0.260 e. The molecule has 2 heterocycles. The Morgan fingerprint density at radius 1 is 1.37 bits per heavy atom. The van der Waals surface area contributed by atoms with Gasteiger partial charge in [-0.2, -0.15) is 4.72 Å². The molecule has 0 amide bonds. The van der Waals surface area contributed by atoms with Gasteiger partial charge in [-0.1, -0.05) is 0 Å². The van der Waals surface area contributed by atoms with Crippen LogP contribution >= 0.6 is 0 Å². The number of nitrogen functional groups attached to an aromatic ring is 1. The summed E-state index contributed by atoms with van der Waals surface area (Å²) in [7, 11) is -3.78. The van der Waals surface area contributed by atoms with Crippen molar-refractivity contribution in [3.63, 3.8) is 0 Å². The molecule has 1 atom stereocenters. The zero-order valence-electron chi connectivity index (χ0n) is 10.6. The molecule has 0 aliphatic rings. The first-order valence-electron chi connectivity index (χ1n) is 5.69. The molecule has 0 aliphatic carbocycles. The molecule has 2 aromatic heterocycles. The Kier molecular flexibility index (Phi) is 3.59. The quantitative estimate of drug-likeness (QED) is 0.887. The van der Waals surface area contributed by atoms with Gasteiger partial charge in [0.1, 0.15) is 11.5 Å². The van der Waals surface area contributed by atoms with E-state index in [1.807, 2.05) is 0 Å². The van der Waals surface area contributed by atoms with Crippen molar-refractivity contribution in [1.29, 1.82) is 0 Å². The molecule has 0 fully saturated rings. The van der Waals surface area contributed by atoms with Gasteiger partial charge < -0.3 is 10.2 Å². The monoisotopic (exact) mass is 281 g/mol. The summed E-state index contributed by atoms with van der Waals surface area (Å²) in [5.74, 6) is 1.26. The minimum atomic E-state index is -3.78. The molecular formula is C12H15N3O3S. The van der Waals surface area contributed by atoms with Crippen molar-refractivity contribution in [2.75, 3.05) is 5.73 Å². The number of nitrogens with zero attached hydrogens (tertiary/aromatic N) is 1. The van der Waals surface area contributed by atoms with Crippen LogP contribution in [0.3, 0.4) is 0 Å². The summed E-state index contributed by atoms with van der Waals surface area (Å²) in [6.07, 6.45) is 1.38. The Balaban J connectivity index is 2.25. The highest BCUT2D eigenvalue weighted by atomic mass is 32.2. The van der Waals surface area contributed by atoms with Gasteiger partial charge in [-0.15, -0.1) is 0 Å². The highest BCUT2D eigenvalue weighted by Crippen LogP contribution is 2.20. The summed E-state index contributed by atoms with van der Waals surface area (Å²) in [5, 5.41) is -0.176. The topological polar surface area (TPSA) is 98.2 Å². The maximum absolute atomic E-state index is 12.1. The van der Waals surface area contributed by atoms with Crippen molar-refractivity contribution in [3.8, 4) is 0 Å². The average Bonchev–Trinajstić information content (AvgIpc) is 2.76. The lowest BCUT2D eigenvalue weighted by Crippen LogP contribution is -2.28. The SMILES string of the molecule is Cc1ccc(C(C)NS(=O)(=O)c2ncccc2N)o1. The Hall–Kier alpha value is -1.86. The third-order valence-corrected chi connectivity index (χ3v) is 4.09. The van der Waals surface area contributed by atoms with E-state index in [0.29, 0.717) is 5.76 Å². The van der Waals surface area contributed by atoms with Crippen molar-refractivity contribution >= 4 is 15.7 Å². The fourth-order valence-electron chi connectivity index (χ4n) is 1.66. The molecule has 6 nitrogen and oxygen atoms in total. The van der Waals surface area contributed by atoms with Crippen LogP contribution in [0.4, 0.5) is 5.69 Å². The molecule has 102 valence electrons. The maximum atomic E-state index is 12.1. The second-order valence-corrected chi connectivity index (χ2v) is 5.82. The minimum Gasteiger partial charge on any atom is -0.465 e. The van der Waals surface area contributed by atoms with E-state index in [1.165, 1.54) is 12.3 Å². The fourth-order valence-corrected chi connectivity index (χ4v) is 2.93. The number of nitrogens with one attached hydrogen (secondary N) is 1. The van der Waals surface area contributed by atoms with Crippen LogP contribution in [0.2, 0.25) is 0 Å². The zero-order chi connectivity index (χ0) is 14.0. The Bertz CT molecular complexity index is 679. The highest BCUT2D eigenvalue weighted by Gasteiger charge is 2.23. The van der Waals surface area contributed by atoms with E-state index >= 15 is 0 Å². The van der Waals surface area contributed by atoms with Crippen LogP contribution in [0.25, 0.3) is 0 Å². The van der Waals surface area contributed by atoms with E-state index in [9.17, 15) is 8.42 Å². The maximum Gasteiger partial charge on any atom is 0.260 e. The lowest BCUT2D eigenvalue weighted by molar-refractivity contribution is 0.441. The summed E-state index contributed by atoms with van der Waals surface area (Å²) >= 11 is 0. The van der Waals surface area contributed by atoms with E-state index in [4.69, 9.17) is 10.2 Å². The van der Waals surface area contributed by atoms with Gasteiger partial charge in [0.15, 0.2) is 5.03 Å². The normalized spacial score (nSPS) is 13.4. The molecule has 2 rings (SSSR count). The first-order valence-corrected chi connectivity index (χ1v) is 7.17. The first kappa shape index (κ1) is 13.6. The van der Waals surface area contributed by atoms with Crippen molar-refractivity contribution in [2.24, 2.45) is 0 Å². The number of hydrogen-bond acceptors (Lipinski definition) is 5. The number of sulfonamides is 1. The fraction of sp³-hybridized carbons (Fsp3) is 0.250. The van der Waals surface area contributed by atoms with Gasteiger partial charge in [0.25, 0.3) is 10.0 Å². The Morgan fingerprint density at radius 2 is 2.11 bits per heavy atom. The van der Waals surface area contributed by atoms with Crippen LogP contribution in [-0.4, -0.2) is 13.4 Å². The second-order valence-electron chi connectivity index (χ2n) is 4.19. The van der Waals surface area contributed by atoms with Crippen molar-refractivity contribution in [1.82, 2.24) is 9.71 Å². The number of nitrogens with two attached hydrogens (primary N) is 1. The van der Waals surface area contributed by atoms with Gasteiger partial charge in [-0.25, -0.2) is 13.4 Å². The van der Waals surface area contributed by atoms with Gasteiger partial charge in [-0.3, -0.25) is 0 Å². The molecule has 0 radical (unpaired) electrons. The van der Waals surface area contributed by atoms with Crippen molar-refractivity contribution in [2.45, 2.75) is 24.9 Å². The van der Waals surface area contributed by atoms with Gasteiger partial charge in [0, 0.05) is 6.20 Å². The zero-order valence-corrected chi connectivity index (χ0v) is 11.4. The van der Waals surface area contributed by atoms with Gasteiger partial charge >= 0.3 is 0 Å². The average molecular weight is 281 g/mol. The molecule has 0 saturated heterocycles. The third-order valence-electron chi connectivity index (χ3n) is 2.57. The lowest BCUT2D eigenvalue weighted by atomic mass is 10.3. The molecule has 3 N–H and O–H groups in total. The van der Waals surface area contributed by atoms with Crippen LogP contribution in [0.15, 0.2) is 39.9 Å². The van der Waals surface area contributed by atoms with Gasteiger partial charge in [-0.05, 0) is 38.1 Å². The number of aryl methyl sites for hydroxylation is 1. The van der Waals surface area contributed by atoms with Gasteiger partial charge in [0.2, 0.25) is 0 Å². The molecule has 1 unspecified atom stereocenters. The molecule has 0 saturated carbocycles. The summed E-state index contributed by atoms with van der Waals surface area (Å²) in [6, 6.07) is 6.07. The van der Waals surface area contributed by atoms with Crippen LogP contribution < -0.4 is 10.5 Å². The summed E-state index contributed by atoms with van der Waals surface area (Å²) in [4.78, 5) is 3.80. The lowest BCUT2D eigenvalue weighted by Gasteiger charge is -2.12. The third kappa shape index (κ3) is 2.94. The minimum absolute atomic E-state index is 0.109. The second kappa shape index (κ2) is 5.02. The van der Waals surface area contributed by atoms with Crippen LogP contribution in [-0.2, 0) is 10.0 Å². The van der Waals surface area contributed by atoms with E-state index < -0.39 is 16.1 Å². The molecule has 7 heteroatoms. The van der Waals surface area contributed by atoms with E-state index in [-0.39, 0.29) is 10.7 Å². The Morgan fingerprint density at radius 3 is 2.68 bits per heavy atom. The number of hydrogen-bond donors (Lipinski definition) is 2. The summed E-state index contributed by atoms with van der Waals surface area (Å²) < 4.78 is 32.2. The molecule has 19 heavy (non-hydrogen) atoms. The molecule has 0 aliphatic heterocycles. The Labute approximate surface area is 111 Å². The number of pyridine rings is 1. The van der Waals surface area contributed by atoms with E-state index in [1.54, 1.807) is 32.0 Å². The first-order chi connectivity index (χ1) is 8.90. The number of rotatable bonds is 4. The number of aromatic nitrogens is 1. The molecular weight excluding hydrogens is 266 g/mol. The van der Waals surface area contributed by atoms with Crippen molar-refractivity contribution < 1.29 is 12.8 Å². The predicted molar refractivity (Wildman–Crippen MR) is 70.8 cm³/mol. The van der Waals surface area contributed by atoms with E-state index in [2.05, 4.69) is 9.71 Å². The van der Waals surface area contributed by atoms with Crippen LogP contribution in [0.5, 0.6) is 0 Å². The molecule has 2 aromatic rings. The standard InChI is InChI=1S/C12H15N3O3S/c1-8-5-6-11(18-8)9(2)15-19(16,17)12-10(13)4-3-7-14-12/h3-7,9,15H,13H2,1-2H3. The van der Waals surface area contributed by atoms with Crippen molar-refractivity contribution in [3.05, 3.63) is 42.0 Å². The van der Waals surface area contributed by atoms with Crippen LogP contribution in [0.1, 0.15) is 24.5 Å². The van der Waals surface area contributed by atoms with Gasteiger partial charge in [0.05, 0.1) is 11.7 Å². The molecule has 0 spiro atoms. The van der Waals surface area contributed by atoms with Crippen LogP contribution in [0, 0.1) is 6.92 Å². The summed E-state index contributed by atoms with van der Waals surface area (Å²) in [6.45, 7) is 3.48. The highest BCUT2D eigenvalue weighted by molar-refractivity contribution is 7.89. The largest absolute Gasteiger partial charge is 0.465 e.